The second kappa shape index (κ2) is 2.70. The summed E-state index contributed by atoms with van der Waals surface area (Å²) in [5.74, 6) is 0.678. The topological polar surface area (TPSA) is 33.4 Å². The Labute approximate surface area is 66.8 Å². The summed E-state index contributed by atoms with van der Waals surface area (Å²) in [6, 6.07) is 1.91. The third-order valence-corrected chi connectivity index (χ3v) is 1.70. The van der Waals surface area contributed by atoms with Crippen molar-refractivity contribution < 1.29 is 9.52 Å². The fraction of sp³-hybridized carbons (Fsp3) is 0.556. The molecule has 1 heterocycles. The maximum atomic E-state index is 8.88. The third-order valence-electron chi connectivity index (χ3n) is 1.70. The van der Waals surface area contributed by atoms with E-state index >= 15 is 0 Å². The Bertz CT molecular complexity index is 230. The molecule has 0 aliphatic rings. The summed E-state index contributed by atoms with van der Waals surface area (Å²) >= 11 is 0. The minimum absolute atomic E-state index is 0.0143. The second-order valence-corrected chi connectivity index (χ2v) is 3.67. The van der Waals surface area contributed by atoms with Crippen molar-refractivity contribution in [3.05, 3.63) is 23.7 Å². The Morgan fingerprint density at radius 3 is 2.45 bits per heavy atom. The van der Waals surface area contributed by atoms with Gasteiger partial charge in [-0.15, -0.1) is 0 Å². The highest BCUT2D eigenvalue weighted by molar-refractivity contribution is 5.24. The molecule has 0 spiro atoms. The second-order valence-electron chi connectivity index (χ2n) is 3.67. The van der Waals surface area contributed by atoms with E-state index in [2.05, 4.69) is 20.8 Å². The monoisotopic (exact) mass is 154 g/mol. The van der Waals surface area contributed by atoms with Gasteiger partial charge in [-0.25, -0.2) is 0 Å². The molecule has 0 fully saturated rings. The Morgan fingerprint density at radius 1 is 1.45 bits per heavy atom. The van der Waals surface area contributed by atoms with Crippen LogP contribution >= 0.6 is 0 Å². The van der Waals surface area contributed by atoms with Crippen LogP contribution in [0.25, 0.3) is 0 Å². The van der Waals surface area contributed by atoms with E-state index in [-0.39, 0.29) is 12.0 Å². The van der Waals surface area contributed by atoms with Crippen LogP contribution in [0.5, 0.6) is 0 Å². The highest BCUT2D eigenvalue weighted by atomic mass is 16.4. The normalized spacial score (nSPS) is 12.0. The lowest BCUT2D eigenvalue weighted by atomic mass is 9.87. The van der Waals surface area contributed by atoms with E-state index in [1.807, 2.05) is 6.07 Å². The number of aliphatic hydroxyl groups excluding tert-OH is 1. The molecule has 0 unspecified atom stereocenters. The van der Waals surface area contributed by atoms with Crippen LogP contribution in [0, 0.1) is 0 Å². The molecule has 0 radical (unpaired) electrons. The lowest BCUT2D eigenvalue weighted by Crippen LogP contribution is -2.12. The van der Waals surface area contributed by atoms with Gasteiger partial charge in [0.05, 0.1) is 6.26 Å². The van der Waals surface area contributed by atoms with Gasteiger partial charge in [0.1, 0.15) is 12.4 Å². The molecule has 1 aromatic heterocycles. The van der Waals surface area contributed by atoms with E-state index in [0.717, 1.165) is 5.56 Å². The first-order valence-electron chi connectivity index (χ1n) is 3.73. The number of hydrogen-bond donors (Lipinski definition) is 1. The molecule has 0 amide bonds. The SMILES string of the molecule is CC(C)(C)c1ccoc1CO. The van der Waals surface area contributed by atoms with Gasteiger partial charge >= 0.3 is 0 Å². The highest BCUT2D eigenvalue weighted by Gasteiger charge is 2.19. The molecule has 0 aliphatic carbocycles. The highest BCUT2D eigenvalue weighted by Crippen LogP contribution is 2.26. The first kappa shape index (κ1) is 8.34. The summed E-state index contributed by atoms with van der Waals surface area (Å²) in [6.45, 7) is 6.27. The summed E-state index contributed by atoms with van der Waals surface area (Å²) in [5.41, 5.74) is 1.14. The zero-order valence-electron chi connectivity index (χ0n) is 7.22. The van der Waals surface area contributed by atoms with Gasteiger partial charge in [-0.1, -0.05) is 20.8 Å². The summed E-state index contributed by atoms with van der Waals surface area (Å²) in [7, 11) is 0. The van der Waals surface area contributed by atoms with Gasteiger partial charge in [-0.05, 0) is 11.5 Å². The van der Waals surface area contributed by atoms with Crippen molar-refractivity contribution in [3.63, 3.8) is 0 Å². The summed E-state index contributed by atoms with van der Waals surface area (Å²) in [6.07, 6.45) is 1.62. The Hall–Kier alpha value is -0.760. The number of furan rings is 1. The van der Waals surface area contributed by atoms with Gasteiger partial charge in [0.25, 0.3) is 0 Å². The van der Waals surface area contributed by atoms with Crippen LogP contribution in [0.2, 0.25) is 0 Å². The van der Waals surface area contributed by atoms with Crippen molar-refractivity contribution in [3.8, 4) is 0 Å². The van der Waals surface area contributed by atoms with E-state index in [0.29, 0.717) is 5.76 Å². The maximum absolute atomic E-state index is 8.88. The predicted octanol–water partition coefficient (Wildman–Crippen LogP) is 2.07. The van der Waals surface area contributed by atoms with Crippen LogP contribution in [-0.4, -0.2) is 5.11 Å². The van der Waals surface area contributed by atoms with Crippen LogP contribution in [0.4, 0.5) is 0 Å². The number of rotatable bonds is 1. The molecule has 1 rings (SSSR count). The van der Waals surface area contributed by atoms with Crippen molar-refractivity contribution in [1.82, 2.24) is 0 Å². The molecule has 62 valence electrons. The van der Waals surface area contributed by atoms with E-state index in [4.69, 9.17) is 9.52 Å². The van der Waals surface area contributed by atoms with Crippen LogP contribution < -0.4 is 0 Å². The third kappa shape index (κ3) is 1.63. The molecular weight excluding hydrogens is 140 g/mol. The van der Waals surface area contributed by atoms with Crippen molar-refractivity contribution >= 4 is 0 Å². The first-order valence-corrected chi connectivity index (χ1v) is 3.73. The predicted molar refractivity (Wildman–Crippen MR) is 43.3 cm³/mol. The van der Waals surface area contributed by atoms with E-state index in [9.17, 15) is 0 Å². The van der Waals surface area contributed by atoms with Gasteiger partial charge in [0.2, 0.25) is 0 Å². The van der Waals surface area contributed by atoms with Gasteiger partial charge in [-0.3, -0.25) is 0 Å². The standard InChI is InChI=1S/C9H14O2/c1-9(2,3)7-4-5-11-8(7)6-10/h4-5,10H,6H2,1-3H3. The molecule has 2 heteroatoms. The molecule has 0 aliphatic heterocycles. The van der Waals surface area contributed by atoms with Gasteiger partial charge in [0.15, 0.2) is 0 Å². The van der Waals surface area contributed by atoms with Gasteiger partial charge in [-0.2, -0.15) is 0 Å². The quantitative estimate of drug-likeness (QED) is 0.671. The average molecular weight is 154 g/mol. The lowest BCUT2D eigenvalue weighted by Gasteiger charge is -2.17. The number of hydrogen-bond acceptors (Lipinski definition) is 2. The van der Waals surface area contributed by atoms with E-state index < -0.39 is 0 Å². The molecule has 0 atom stereocenters. The zero-order valence-corrected chi connectivity index (χ0v) is 7.22. The molecule has 11 heavy (non-hydrogen) atoms. The lowest BCUT2D eigenvalue weighted by molar-refractivity contribution is 0.243. The molecule has 2 nitrogen and oxygen atoms in total. The Balaban J connectivity index is 3.02. The van der Waals surface area contributed by atoms with E-state index in [1.54, 1.807) is 6.26 Å². The van der Waals surface area contributed by atoms with Gasteiger partial charge in [0, 0.05) is 5.56 Å². The maximum Gasteiger partial charge on any atom is 0.132 e. The van der Waals surface area contributed by atoms with Crippen molar-refractivity contribution in [2.75, 3.05) is 0 Å². The van der Waals surface area contributed by atoms with Crippen molar-refractivity contribution in [2.24, 2.45) is 0 Å². The fourth-order valence-electron chi connectivity index (χ4n) is 1.13. The molecule has 0 saturated carbocycles. The largest absolute Gasteiger partial charge is 0.467 e. The smallest absolute Gasteiger partial charge is 0.132 e. The summed E-state index contributed by atoms with van der Waals surface area (Å²) < 4.78 is 5.09. The number of aliphatic hydroxyl groups is 1. The average Bonchev–Trinajstić information content (AvgIpc) is 2.31. The molecule has 0 saturated heterocycles. The summed E-state index contributed by atoms with van der Waals surface area (Å²) in [5, 5.41) is 8.88. The molecule has 1 aromatic rings. The molecule has 0 aromatic carbocycles. The zero-order chi connectivity index (χ0) is 8.48. The minimum Gasteiger partial charge on any atom is -0.467 e. The summed E-state index contributed by atoms with van der Waals surface area (Å²) in [4.78, 5) is 0. The van der Waals surface area contributed by atoms with Gasteiger partial charge < -0.3 is 9.52 Å². The Kier molecular flexibility index (Phi) is 2.05. The minimum atomic E-state index is -0.0143. The van der Waals surface area contributed by atoms with Crippen molar-refractivity contribution in [2.45, 2.75) is 32.8 Å². The van der Waals surface area contributed by atoms with Crippen molar-refractivity contribution in [1.29, 1.82) is 0 Å². The van der Waals surface area contributed by atoms with Crippen LogP contribution in [0.15, 0.2) is 16.7 Å². The Morgan fingerprint density at radius 2 is 2.09 bits per heavy atom. The van der Waals surface area contributed by atoms with Crippen LogP contribution in [0.3, 0.4) is 0 Å². The molecule has 1 N–H and O–H groups in total. The van der Waals surface area contributed by atoms with Crippen LogP contribution in [-0.2, 0) is 12.0 Å². The first-order chi connectivity index (χ1) is 5.05. The molecular formula is C9H14O2. The van der Waals surface area contributed by atoms with Crippen LogP contribution in [0.1, 0.15) is 32.1 Å². The fourth-order valence-corrected chi connectivity index (χ4v) is 1.13. The molecule has 0 bridgehead atoms. The van der Waals surface area contributed by atoms with E-state index in [1.165, 1.54) is 0 Å².